The maximum Gasteiger partial charge on any atom is 0.315 e. The molecule has 0 spiro atoms. The Hall–Kier alpha value is -0.960. The van der Waals surface area contributed by atoms with Crippen molar-refractivity contribution in [2.45, 2.75) is 16.6 Å². The van der Waals surface area contributed by atoms with E-state index in [2.05, 4.69) is 4.74 Å². The summed E-state index contributed by atoms with van der Waals surface area (Å²) >= 11 is 7.33. The van der Waals surface area contributed by atoms with Crippen LogP contribution in [0.5, 0.6) is 5.75 Å². The van der Waals surface area contributed by atoms with Gasteiger partial charge in [-0.15, -0.1) is 11.8 Å². The summed E-state index contributed by atoms with van der Waals surface area (Å²) in [7, 11) is -0.936. The molecule has 0 radical (unpaired) electrons. The minimum atomic E-state index is -3.69. The van der Waals surface area contributed by atoms with Crippen molar-refractivity contribution in [3.8, 4) is 5.75 Å². The van der Waals surface area contributed by atoms with E-state index in [1.54, 1.807) is 6.07 Å². The molecule has 128 valence electrons. The lowest BCUT2D eigenvalue weighted by Gasteiger charge is -2.18. The largest absolute Gasteiger partial charge is 0.495 e. The molecule has 0 aromatic heterocycles. The van der Waals surface area contributed by atoms with Gasteiger partial charge in [0.05, 0.1) is 20.0 Å². The molecular formula is C14H18ClNO5S2. The fourth-order valence-electron chi connectivity index (χ4n) is 2.29. The summed E-state index contributed by atoms with van der Waals surface area (Å²) in [6.07, 6.45) is 0.684. The predicted octanol–water partition coefficient (Wildman–Crippen LogP) is 2.02. The van der Waals surface area contributed by atoms with Crippen molar-refractivity contribution < 1.29 is 22.7 Å². The first-order chi connectivity index (χ1) is 10.9. The van der Waals surface area contributed by atoms with E-state index < -0.39 is 10.0 Å². The van der Waals surface area contributed by atoms with Gasteiger partial charge in [0, 0.05) is 23.4 Å². The zero-order valence-corrected chi connectivity index (χ0v) is 15.2. The minimum absolute atomic E-state index is 0.0612. The van der Waals surface area contributed by atoms with Crippen LogP contribution in [-0.4, -0.2) is 57.0 Å². The lowest BCUT2D eigenvalue weighted by molar-refractivity contribution is -0.137. The van der Waals surface area contributed by atoms with Crippen molar-refractivity contribution in [2.75, 3.05) is 33.1 Å². The van der Waals surface area contributed by atoms with Crippen molar-refractivity contribution in [2.24, 2.45) is 0 Å². The van der Waals surface area contributed by atoms with E-state index in [9.17, 15) is 13.2 Å². The fourth-order valence-corrected chi connectivity index (χ4v) is 5.35. The third-order valence-electron chi connectivity index (χ3n) is 3.52. The number of thioether (sulfide) groups is 1. The molecule has 0 amide bonds. The van der Waals surface area contributed by atoms with Gasteiger partial charge < -0.3 is 9.47 Å². The fraction of sp³-hybridized carbons (Fsp3) is 0.500. The lowest BCUT2D eigenvalue weighted by Crippen LogP contribution is -2.29. The van der Waals surface area contributed by atoms with Crippen LogP contribution in [0.3, 0.4) is 0 Å². The number of rotatable bonds is 6. The number of carbonyl (C=O) groups is 1. The zero-order chi connectivity index (χ0) is 17.0. The van der Waals surface area contributed by atoms with Crippen LogP contribution >= 0.6 is 23.4 Å². The molecule has 1 unspecified atom stereocenters. The molecule has 0 saturated carbocycles. The Morgan fingerprint density at radius 3 is 2.83 bits per heavy atom. The Morgan fingerprint density at radius 2 is 2.17 bits per heavy atom. The van der Waals surface area contributed by atoms with Gasteiger partial charge in [-0.1, -0.05) is 11.6 Å². The standard InChI is InChI=1S/C14H18ClNO5S2/c1-20-12-4-3-10(15)7-13(12)23(18,19)16-6-5-11(8-16)22-9-14(17)21-2/h3-4,7,11H,5-6,8-9H2,1-2H3. The monoisotopic (exact) mass is 379 g/mol. The summed E-state index contributed by atoms with van der Waals surface area (Å²) in [4.78, 5) is 11.2. The van der Waals surface area contributed by atoms with Crippen molar-refractivity contribution in [1.82, 2.24) is 4.31 Å². The normalized spacial score (nSPS) is 18.8. The van der Waals surface area contributed by atoms with E-state index in [0.717, 1.165) is 0 Å². The first-order valence-electron chi connectivity index (χ1n) is 6.90. The van der Waals surface area contributed by atoms with Crippen molar-refractivity contribution in [3.63, 3.8) is 0 Å². The van der Waals surface area contributed by atoms with Gasteiger partial charge in [-0.2, -0.15) is 4.31 Å². The van der Waals surface area contributed by atoms with E-state index in [4.69, 9.17) is 16.3 Å². The third-order valence-corrected chi connectivity index (χ3v) is 6.90. The maximum atomic E-state index is 12.8. The number of methoxy groups -OCH3 is 2. The average Bonchev–Trinajstić information content (AvgIpc) is 3.02. The summed E-state index contributed by atoms with van der Waals surface area (Å²) in [6.45, 7) is 0.747. The van der Waals surface area contributed by atoms with Gasteiger partial charge in [0.25, 0.3) is 0 Å². The average molecular weight is 380 g/mol. The number of benzene rings is 1. The molecule has 1 atom stereocenters. The number of halogens is 1. The SMILES string of the molecule is COC(=O)CSC1CCN(S(=O)(=O)c2cc(Cl)ccc2OC)C1. The first kappa shape index (κ1) is 18.4. The lowest BCUT2D eigenvalue weighted by atomic mass is 10.3. The van der Waals surface area contributed by atoms with E-state index in [1.807, 2.05) is 0 Å². The van der Waals surface area contributed by atoms with Gasteiger partial charge in [-0.3, -0.25) is 4.79 Å². The number of nitrogens with zero attached hydrogens (tertiary/aromatic N) is 1. The first-order valence-corrected chi connectivity index (χ1v) is 9.77. The molecule has 0 bridgehead atoms. The summed E-state index contributed by atoms with van der Waals surface area (Å²) in [6, 6.07) is 4.51. The molecule has 2 rings (SSSR count). The van der Waals surface area contributed by atoms with E-state index in [1.165, 1.54) is 42.4 Å². The topological polar surface area (TPSA) is 72.9 Å². The van der Waals surface area contributed by atoms with E-state index in [-0.39, 0.29) is 27.6 Å². The van der Waals surface area contributed by atoms with Crippen LogP contribution in [0.4, 0.5) is 0 Å². The molecular weight excluding hydrogens is 362 g/mol. The van der Waals surface area contributed by atoms with Gasteiger partial charge >= 0.3 is 5.97 Å². The number of sulfonamides is 1. The molecule has 9 heteroatoms. The number of esters is 1. The van der Waals surface area contributed by atoms with Gasteiger partial charge in [-0.05, 0) is 24.6 Å². The second-order valence-electron chi connectivity index (χ2n) is 4.96. The summed E-state index contributed by atoms with van der Waals surface area (Å²) < 4.78 is 36.7. The smallest absolute Gasteiger partial charge is 0.315 e. The number of carbonyl (C=O) groups excluding carboxylic acids is 1. The molecule has 1 fully saturated rings. The van der Waals surface area contributed by atoms with Crippen LogP contribution in [0.25, 0.3) is 0 Å². The molecule has 6 nitrogen and oxygen atoms in total. The highest BCUT2D eigenvalue weighted by atomic mass is 35.5. The molecule has 1 aromatic carbocycles. The highest BCUT2D eigenvalue weighted by molar-refractivity contribution is 8.00. The highest BCUT2D eigenvalue weighted by Crippen LogP contribution is 2.33. The molecule has 0 aliphatic carbocycles. The van der Waals surface area contributed by atoms with Crippen LogP contribution in [0, 0.1) is 0 Å². The quantitative estimate of drug-likeness (QED) is 0.704. The van der Waals surface area contributed by atoms with Crippen LogP contribution < -0.4 is 4.74 Å². The van der Waals surface area contributed by atoms with Gasteiger partial charge in [0.1, 0.15) is 10.6 Å². The van der Waals surface area contributed by atoms with Crippen molar-refractivity contribution in [1.29, 1.82) is 0 Å². The van der Waals surface area contributed by atoms with Gasteiger partial charge in [0.15, 0.2) is 0 Å². The Labute approximate surface area is 145 Å². The van der Waals surface area contributed by atoms with Crippen LogP contribution in [0.1, 0.15) is 6.42 Å². The molecule has 1 saturated heterocycles. The molecule has 0 N–H and O–H groups in total. The second kappa shape index (κ2) is 7.74. The number of hydrogen-bond acceptors (Lipinski definition) is 6. The van der Waals surface area contributed by atoms with E-state index >= 15 is 0 Å². The Bertz CT molecular complexity index is 680. The van der Waals surface area contributed by atoms with Crippen molar-refractivity contribution in [3.05, 3.63) is 23.2 Å². The Kier molecular flexibility index (Phi) is 6.19. The van der Waals surface area contributed by atoms with Crippen LogP contribution in [-0.2, 0) is 19.6 Å². The van der Waals surface area contributed by atoms with Crippen LogP contribution in [0.2, 0.25) is 5.02 Å². The predicted molar refractivity (Wildman–Crippen MR) is 89.6 cm³/mol. The zero-order valence-electron chi connectivity index (χ0n) is 12.8. The molecule has 23 heavy (non-hydrogen) atoms. The maximum absolute atomic E-state index is 12.8. The second-order valence-corrected chi connectivity index (χ2v) is 8.59. The highest BCUT2D eigenvalue weighted by Gasteiger charge is 2.34. The Morgan fingerprint density at radius 1 is 1.43 bits per heavy atom. The third kappa shape index (κ3) is 4.32. The molecule has 1 aliphatic heterocycles. The van der Waals surface area contributed by atoms with E-state index in [0.29, 0.717) is 24.5 Å². The van der Waals surface area contributed by atoms with Crippen molar-refractivity contribution >= 4 is 39.4 Å². The summed E-state index contributed by atoms with van der Waals surface area (Å²) in [5.74, 6) is 0.170. The number of hydrogen-bond donors (Lipinski definition) is 0. The van der Waals surface area contributed by atoms with Crippen LogP contribution in [0.15, 0.2) is 23.1 Å². The van der Waals surface area contributed by atoms with Gasteiger partial charge in [0.2, 0.25) is 10.0 Å². The molecule has 1 heterocycles. The summed E-state index contributed by atoms with van der Waals surface area (Å²) in [5, 5.41) is 0.397. The Balaban J connectivity index is 2.12. The molecule has 1 aromatic rings. The van der Waals surface area contributed by atoms with Gasteiger partial charge in [-0.25, -0.2) is 8.42 Å². The molecule has 1 aliphatic rings. The minimum Gasteiger partial charge on any atom is -0.495 e. The summed E-state index contributed by atoms with van der Waals surface area (Å²) in [5.41, 5.74) is 0. The number of ether oxygens (including phenoxy) is 2.